The molecule has 0 unspecified atom stereocenters. The number of ether oxygens (including phenoxy) is 3. The molecule has 0 saturated heterocycles. The van der Waals surface area contributed by atoms with Crippen LogP contribution in [0.1, 0.15) is 17.3 Å². The van der Waals surface area contributed by atoms with Gasteiger partial charge in [-0.3, -0.25) is 10.1 Å². The second-order valence-electron chi connectivity index (χ2n) is 7.13. The van der Waals surface area contributed by atoms with Crippen molar-refractivity contribution in [2.45, 2.75) is 6.92 Å². The Morgan fingerprint density at radius 2 is 1.59 bits per heavy atom. The van der Waals surface area contributed by atoms with E-state index in [1.54, 1.807) is 29.1 Å². The minimum absolute atomic E-state index is 0.144. The molecule has 2 N–H and O–H groups in total. The lowest BCUT2D eigenvalue weighted by Crippen LogP contribution is -2.34. The van der Waals surface area contributed by atoms with Crippen molar-refractivity contribution in [3.63, 3.8) is 0 Å². The quantitative estimate of drug-likeness (QED) is 0.386. The van der Waals surface area contributed by atoms with Crippen LogP contribution >= 0.6 is 12.2 Å². The first kappa shape index (κ1) is 23.0. The van der Waals surface area contributed by atoms with Gasteiger partial charge < -0.3 is 19.5 Å². The third-order valence-corrected chi connectivity index (χ3v) is 5.06. The minimum Gasteiger partial charge on any atom is -0.497 e. The number of aromatic nitrogens is 3. The smallest absolute Gasteiger partial charge is 0.257 e. The molecule has 0 fully saturated rings. The summed E-state index contributed by atoms with van der Waals surface area (Å²) in [6.45, 7) is 2.55. The fourth-order valence-electron chi connectivity index (χ4n) is 3.23. The predicted octanol–water partition coefficient (Wildman–Crippen LogP) is 3.96. The Morgan fingerprint density at radius 1 is 0.912 bits per heavy atom. The van der Waals surface area contributed by atoms with E-state index in [-0.39, 0.29) is 5.11 Å². The second-order valence-corrected chi connectivity index (χ2v) is 7.54. The third-order valence-electron chi connectivity index (χ3n) is 4.86. The Morgan fingerprint density at radius 3 is 2.24 bits per heavy atom. The normalized spacial score (nSPS) is 10.6. The summed E-state index contributed by atoms with van der Waals surface area (Å²) < 4.78 is 15.9. The van der Waals surface area contributed by atoms with Crippen LogP contribution in [0.2, 0.25) is 0 Å². The average molecular weight is 478 g/mol. The summed E-state index contributed by atoms with van der Waals surface area (Å²) in [6, 6.07) is 17.9. The zero-order valence-electron chi connectivity index (χ0n) is 18.9. The molecule has 0 radical (unpaired) electrons. The SMILES string of the molecule is CCOc1ccc(-n2nc3ccc(NC(=S)NC(=O)c4cc(OC)cc(OC)c4)cc3n2)cc1. The number of thiocarbonyl (C=S) groups is 1. The molecule has 0 aliphatic heterocycles. The molecule has 10 heteroatoms. The van der Waals surface area contributed by atoms with Gasteiger partial charge in [-0.1, -0.05) is 0 Å². The van der Waals surface area contributed by atoms with E-state index in [1.165, 1.54) is 14.2 Å². The number of nitrogens with one attached hydrogen (secondary N) is 2. The molecule has 0 aliphatic rings. The molecule has 0 atom stereocenters. The maximum atomic E-state index is 12.6. The van der Waals surface area contributed by atoms with E-state index in [4.69, 9.17) is 26.4 Å². The molecule has 4 aromatic rings. The van der Waals surface area contributed by atoms with Gasteiger partial charge in [0.05, 0.1) is 26.5 Å². The zero-order chi connectivity index (χ0) is 24.1. The molecule has 9 nitrogen and oxygen atoms in total. The summed E-state index contributed by atoms with van der Waals surface area (Å²) in [5.74, 6) is 1.41. The van der Waals surface area contributed by atoms with E-state index in [2.05, 4.69) is 20.8 Å². The number of rotatable bonds is 7. The van der Waals surface area contributed by atoms with Crippen molar-refractivity contribution in [3.8, 4) is 22.9 Å². The Kier molecular flexibility index (Phi) is 6.88. The van der Waals surface area contributed by atoms with Crippen LogP contribution in [0.15, 0.2) is 60.7 Å². The highest BCUT2D eigenvalue weighted by atomic mass is 32.1. The van der Waals surface area contributed by atoms with Crippen LogP contribution in [-0.4, -0.2) is 46.8 Å². The summed E-state index contributed by atoms with van der Waals surface area (Å²) >= 11 is 5.31. The van der Waals surface area contributed by atoms with Gasteiger partial charge in [0.15, 0.2) is 5.11 Å². The maximum absolute atomic E-state index is 12.6. The standard InChI is InChI=1S/C24H23N5O4S/c1-4-33-18-8-6-17(7-9-18)29-27-21-10-5-16(13-22(21)28-29)25-24(34)26-23(30)15-11-19(31-2)14-20(12-15)32-3/h5-14H,4H2,1-3H3,(H2,25,26,30,34). The highest BCUT2D eigenvalue weighted by molar-refractivity contribution is 7.80. The predicted molar refractivity (Wildman–Crippen MR) is 133 cm³/mol. The highest BCUT2D eigenvalue weighted by Crippen LogP contribution is 2.23. The van der Waals surface area contributed by atoms with Crippen LogP contribution in [0, 0.1) is 0 Å². The number of nitrogens with zero attached hydrogens (tertiary/aromatic N) is 3. The lowest BCUT2D eigenvalue weighted by Gasteiger charge is -2.11. The van der Waals surface area contributed by atoms with E-state index in [9.17, 15) is 4.79 Å². The molecule has 0 saturated carbocycles. The molecule has 1 amide bonds. The number of fused-ring (bicyclic) bond motifs is 1. The summed E-state index contributed by atoms with van der Waals surface area (Å²) in [4.78, 5) is 14.2. The van der Waals surface area contributed by atoms with Crippen molar-refractivity contribution in [2.75, 3.05) is 26.1 Å². The molecule has 0 aliphatic carbocycles. The van der Waals surface area contributed by atoms with Crippen LogP contribution in [0.5, 0.6) is 17.2 Å². The molecule has 174 valence electrons. The first-order valence-corrected chi connectivity index (χ1v) is 10.9. The lowest BCUT2D eigenvalue weighted by molar-refractivity contribution is 0.0977. The molecular weight excluding hydrogens is 454 g/mol. The number of methoxy groups -OCH3 is 2. The summed E-state index contributed by atoms with van der Waals surface area (Å²) in [5.41, 5.74) is 3.22. The fourth-order valence-corrected chi connectivity index (χ4v) is 3.44. The number of benzene rings is 3. The van der Waals surface area contributed by atoms with Gasteiger partial charge in [-0.25, -0.2) is 0 Å². The molecule has 4 rings (SSSR count). The number of carbonyl (C=O) groups is 1. The van der Waals surface area contributed by atoms with E-state index >= 15 is 0 Å². The van der Waals surface area contributed by atoms with Crippen molar-refractivity contribution in [2.24, 2.45) is 0 Å². The molecular formula is C24H23N5O4S. The molecule has 3 aromatic carbocycles. The Hall–Kier alpha value is -4.18. The molecule has 34 heavy (non-hydrogen) atoms. The molecule has 1 aromatic heterocycles. The van der Waals surface area contributed by atoms with E-state index < -0.39 is 5.91 Å². The van der Waals surface area contributed by atoms with Crippen molar-refractivity contribution in [1.82, 2.24) is 20.3 Å². The number of amides is 1. The van der Waals surface area contributed by atoms with Crippen molar-refractivity contribution in [1.29, 1.82) is 0 Å². The van der Waals surface area contributed by atoms with Crippen LogP contribution in [0.3, 0.4) is 0 Å². The average Bonchev–Trinajstić information content (AvgIpc) is 3.27. The second kappa shape index (κ2) is 10.2. The largest absolute Gasteiger partial charge is 0.497 e. The Balaban J connectivity index is 1.46. The van der Waals surface area contributed by atoms with Crippen molar-refractivity contribution in [3.05, 3.63) is 66.2 Å². The van der Waals surface area contributed by atoms with E-state index in [0.717, 1.165) is 17.0 Å². The summed E-state index contributed by atoms with van der Waals surface area (Å²) in [6.07, 6.45) is 0. The summed E-state index contributed by atoms with van der Waals surface area (Å²) in [5, 5.41) is 14.9. The van der Waals surface area contributed by atoms with Crippen molar-refractivity contribution >= 4 is 40.0 Å². The molecule has 0 spiro atoms. The van der Waals surface area contributed by atoms with E-state index in [1.807, 2.05) is 43.3 Å². The van der Waals surface area contributed by atoms with Gasteiger partial charge in [-0.15, -0.1) is 10.2 Å². The number of carbonyl (C=O) groups excluding carboxylic acids is 1. The van der Waals surface area contributed by atoms with Crippen LogP contribution < -0.4 is 24.8 Å². The fraction of sp³-hybridized carbons (Fsp3) is 0.167. The lowest BCUT2D eigenvalue weighted by atomic mass is 10.2. The van der Waals surface area contributed by atoms with Gasteiger partial charge in [0, 0.05) is 17.3 Å². The topological polar surface area (TPSA) is 99.5 Å². The minimum atomic E-state index is -0.391. The first-order valence-electron chi connectivity index (χ1n) is 10.4. The number of anilines is 1. The monoisotopic (exact) mass is 477 g/mol. The van der Waals surface area contributed by atoms with Gasteiger partial charge in [-0.05, 0) is 73.7 Å². The highest BCUT2D eigenvalue weighted by Gasteiger charge is 2.12. The van der Waals surface area contributed by atoms with Gasteiger partial charge in [-0.2, -0.15) is 4.80 Å². The third kappa shape index (κ3) is 5.24. The van der Waals surface area contributed by atoms with Crippen LogP contribution in [0.25, 0.3) is 16.7 Å². The van der Waals surface area contributed by atoms with Crippen molar-refractivity contribution < 1.29 is 19.0 Å². The van der Waals surface area contributed by atoms with Gasteiger partial charge in [0.25, 0.3) is 5.91 Å². The van der Waals surface area contributed by atoms with Crippen LogP contribution in [0.4, 0.5) is 5.69 Å². The molecule has 1 heterocycles. The van der Waals surface area contributed by atoms with Gasteiger partial charge in [0.1, 0.15) is 28.3 Å². The maximum Gasteiger partial charge on any atom is 0.257 e. The number of hydrogen-bond donors (Lipinski definition) is 2. The Labute approximate surface area is 201 Å². The Bertz CT molecular complexity index is 1310. The molecule has 0 bridgehead atoms. The van der Waals surface area contributed by atoms with Gasteiger partial charge >= 0.3 is 0 Å². The number of hydrogen-bond acceptors (Lipinski definition) is 7. The van der Waals surface area contributed by atoms with Crippen LogP contribution in [-0.2, 0) is 0 Å². The van der Waals surface area contributed by atoms with Gasteiger partial charge in [0.2, 0.25) is 0 Å². The van der Waals surface area contributed by atoms with E-state index in [0.29, 0.717) is 34.9 Å². The first-order chi connectivity index (χ1) is 16.5. The zero-order valence-corrected chi connectivity index (χ0v) is 19.7. The summed E-state index contributed by atoms with van der Waals surface area (Å²) in [7, 11) is 3.04.